The van der Waals surface area contributed by atoms with Gasteiger partial charge in [0.1, 0.15) is 17.4 Å². The highest BCUT2D eigenvalue weighted by molar-refractivity contribution is 5.74. The van der Waals surface area contributed by atoms with E-state index in [0.29, 0.717) is 12.6 Å². The lowest BCUT2D eigenvalue weighted by Gasteiger charge is -2.34. The topological polar surface area (TPSA) is 62.0 Å². The van der Waals surface area contributed by atoms with E-state index in [9.17, 15) is 5.11 Å². The van der Waals surface area contributed by atoms with Crippen molar-refractivity contribution >= 4 is 17.1 Å². The van der Waals surface area contributed by atoms with Gasteiger partial charge in [-0.1, -0.05) is 18.2 Å². The molecule has 2 aliphatic heterocycles. The van der Waals surface area contributed by atoms with Crippen LogP contribution < -0.4 is 9.64 Å². The quantitative estimate of drug-likeness (QED) is 0.752. The highest BCUT2D eigenvalue weighted by Gasteiger charge is 2.24. The lowest BCUT2D eigenvalue weighted by atomic mass is 10.0. The number of nitrogens with zero attached hydrogens (tertiary/aromatic N) is 3. The van der Waals surface area contributed by atoms with E-state index in [-0.39, 0.29) is 6.10 Å². The molecule has 6 heteroatoms. The molecule has 6 nitrogen and oxygen atoms in total. The third kappa shape index (κ3) is 3.34. The maximum atomic E-state index is 10.7. The number of aliphatic hydroxyl groups excluding tert-OH is 1. The molecule has 3 heterocycles. The Morgan fingerprint density at radius 3 is 2.79 bits per heavy atom. The second-order valence-corrected chi connectivity index (χ2v) is 7.77. The van der Waals surface area contributed by atoms with Crippen LogP contribution >= 0.6 is 0 Å². The second-order valence-electron chi connectivity index (χ2n) is 7.77. The van der Waals surface area contributed by atoms with Crippen LogP contribution in [-0.4, -0.2) is 53.8 Å². The van der Waals surface area contributed by atoms with Crippen molar-refractivity contribution in [2.75, 3.05) is 37.6 Å². The number of ether oxygens (including phenoxy) is 1. The molecule has 0 amide bonds. The lowest BCUT2D eigenvalue weighted by molar-refractivity contribution is 0.109. The summed E-state index contributed by atoms with van der Waals surface area (Å²) in [7, 11) is 0. The van der Waals surface area contributed by atoms with Gasteiger partial charge in [0.2, 0.25) is 0 Å². The van der Waals surface area contributed by atoms with Crippen LogP contribution in [0.5, 0.6) is 5.75 Å². The number of rotatable bonds is 4. The van der Waals surface area contributed by atoms with Crippen LogP contribution in [-0.2, 0) is 6.42 Å². The van der Waals surface area contributed by atoms with E-state index in [0.717, 1.165) is 55.0 Å². The summed E-state index contributed by atoms with van der Waals surface area (Å²) in [4.78, 5) is 9.07. The number of benzene rings is 2. The first-order valence-corrected chi connectivity index (χ1v) is 9.96. The number of hydrogen-bond donors (Lipinski definition) is 1. The molecule has 0 spiro atoms. The molecule has 2 atom stereocenters. The van der Waals surface area contributed by atoms with Gasteiger partial charge in [-0.2, -0.15) is 4.98 Å². The summed E-state index contributed by atoms with van der Waals surface area (Å²) in [5.74, 6) is 0.954. The van der Waals surface area contributed by atoms with Gasteiger partial charge in [0.25, 0.3) is 6.01 Å². The zero-order chi connectivity index (χ0) is 19.1. The average molecular weight is 379 g/mol. The van der Waals surface area contributed by atoms with Gasteiger partial charge in [0.05, 0.1) is 6.10 Å². The first-order chi connectivity index (χ1) is 13.7. The molecule has 1 fully saturated rings. The standard InChI is InChI=1S/C22H25N3O3/c1-15-12-17-13-16(6-7-20(17)27-15)19(26)14-24-8-10-25(11-9-24)22-23-18-4-2-3-5-21(18)28-22/h2-7,13,15,19,26H,8-12,14H2,1H3. The Hall–Kier alpha value is -2.57. The summed E-state index contributed by atoms with van der Waals surface area (Å²) in [6.45, 7) is 6.15. The first-order valence-electron chi connectivity index (χ1n) is 9.96. The summed E-state index contributed by atoms with van der Waals surface area (Å²) in [5, 5.41) is 10.7. The summed E-state index contributed by atoms with van der Waals surface area (Å²) in [5.41, 5.74) is 3.89. The van der Waals surface area contributed by atoms with Crippen molar-refractivity contribution in [2.45, 2.75) is 25.6 Å². The third-order valence-corrected chi connectivity index (χ3v) is 5.66. The second kappa shape index (κ2) is 7.11. The number of aliphatic hydroxyl groups is 1. The zero-order valence-electron chi connectivity index (χ0n) is 16.0. The number of hydrogen-bond acceptors (Lipinski definition) is 6. The number of fused-ring (bicyclic) bond motifs is 2. The number of anilines is 1. The lowest BCUT2D eigenvalue weighted by Crippen LogP contribution is -2.47. The minimum Gasteiger partial charge on any atom is -0.490 e. The van der Waals surface area contributed by atoms with Gasteiger partial charge in [-0.25, -0.2) is 0 Å². The van der Waals surface area contributed by atoms with Crippen LogP contribution in [0.2, 0.25) is 0 Å². The summed E-state index contributed by atoms with van der Waals surface area (Å²) >= 11 is 0. The SMILES string of the molecule is CC1Cc2cc(C(O)CN3CCN(c4nc5ccccc5o4)CC3)ccc2O1. The average Bonchev–Trinajstić information content (AvgIpc) is 3.30. The van der Waals surface area contributed by atoms with Gasteiger partial charge in [-0.15, -0.1) is 0 Å². The third-order valence-electron chi connectivity index (χ3n) is 5.66. The molecule has 28 heavy (non-hydrogen) atoms. The molecule has 1 saturated heterocycles. The molecular formula is C22H25N3O3. The Bertz CT molecular complexity index is 945. The molecule has 5 rings (SSSR count). The first kappa shape index (κ1) is 17.5. The minimum atomic E-state index is -0.489. The fraction of sp³-hybridized carbons (Fsp3) is 0.409. The highest BCUT2D eigenvalue weighted by atomic mass is 16.5. The van der Waals surface area contributed by atoms with Crippen molar-refractivity contribution in [1.29, 1.82) is 0 Å². The van der Waals surface area contributed by atoms with Crippen LogP contribution in [0.3, 0.4) is 0 Å². The van der Waals surface area contributed by atoms with Crippen LogP contribution in [0.25, 0.3) is 11.1 Å². The van der Waals surface area contributed by atoms with Crippen molar-refractivity contribution in [3.05, 3.63) is 53.6 Å². The Kier molecular flexibility index (Phi) is 4.45. The molecule has 146 valence electrons. The number of β-amino-alcohol motifs (C(OH)–C–C–N with tert-alkyl or cyclic N) is 1. The minimum absolute atomic E-state index is 0.224. The Balaban J connectivity index is 1.20. The largest absolute Gasteiger partial charge is 0.490 e. The maximum absolute atomic E-state index is 10.7. The molecule has 1 N–H and O–H groups in total. The summed E-state index contributed by atoms with van der Waals surface area (Å²) in [6.07, 6.45) is 0.651. The normalized spacial score (nSPS) is 20.9. The fourth-order valence-corrected chi connectivity index (χ4v) is 4.12. The van der Waals surface area contributed by atoms with E-state index in [1.165, 1.54) is 5.56 Å². The van der Waals surface area contributed by atoms with Gasteiger partial charge >= 0.3 is 0 Å². The Labute approximate surface area is 164 Å². The smallest absolute Gasteiger partial charge is 0.298 e. The highest BCUT2D eigenvalue weighted by Crippen LogP contribution is 2.31. The van der Waals surface area contributed by atoms with E-state index in [1.54, 1.807) is 0 Å². The van der Waals surface area contributed by atoms with E-state index in [4.69, 9.17) is 9.15 Å². The Morgan fingerprint density at radius 2 is 1.96 bits per heavy atom. The van der Waals surface area contributed by atoms with Crippen molar-refractivity contribution in [2.24, 2.45) is 0 Å². The molecule has 0 saturated carbocycles. The predicted molar refractivity (Wildman–Crippen MR) is 108 cm³/mol. The van der Waals surface area contributed by atoms with Crippen LogP contribution in [0.4, 0.5) is 6.01 Å². The summed E-state index contributed by atoms with van der Waals surface area (Å²) < 4.78 is 11.6. The van der Waals surface area contributed by atoms with E-state index in [1.807, 2.05) is 36.4 Å². The van der Waals surface area contributed by atoms with Gasteiger partial charge in [0, 0.05) is 39.1 Å². The van der Waals surface area contributed by atoms with Crippen LogP contribution in [0, 0.1) is 0 Å². The van der Waals surface area contributed by atoms with Gasteiger partial charge in [-0.3, -0.25) is 4.90 Å². The van der Waals surface area contributed by atoms with Crippen molar-refractivity contribution < 1.29 is 14.3 Å². The van der Waals surface area contributed by atoms with Gasteiger partial charge in [0.15, 0.2) is 5.58 Å². The number of piperazine rings is 1. The number of oxazole rings is 1. The molecule has 1 aromatic heterocycles. The monoisotopic (exact) mass is 379 g/mol. The van der Waals surface area contributed by atoms with Crippen LogP contribution in [0.15, 0.2) is 46.9 Å². The molecule has 2 aliphatic rings. The molecule has 2 unspecified atom stereocenters. The van der Waals surface area contributed by atoms with Crippen molar-refractivity contribution in [3.8, 4) is 5.75 Å². The van der Waals surface area contributed by atoms with E-state index in [2.05, 4.69) is 27.8 Å². The number of aromatic nitrogens is 1. The van der Waals surface area contributed by atoms with Crippen molar-refractivity contribution in [3.63, 3.8) is 0 Å². The Morgan fingerprint density at radius 1 is 1.14 bits per heavy atom. The molecule has 0 radical (unpaired) electrons. The fourth-order valence-electron chi connectivity index (χ4n) is 4.12. The summed E-state index contributed by atoms with van der Waals surface area (Å²) in [6, 6.07) is 14.6. The van der Waals surface area contributed by atoms with Gasteiger partial charge in [-0.05, 0) is 42.3 Å². The van der Waals surface area contributed by atoms with E-state index >= 15 is 0 Å². The predicted octanol–water partition coefficient (Wildman–Crippen LogP) is 3.01. The van der Waals surface area contributed by atoms with E-state index < -0.39 is 6.10 Å². The maximum Gasteiger partial charge on any atom is 0.298 e. The molecule has 2 aromatic carbocycles. The zero-order valence-corrected chi connectivity index (χ0v) is 16.0. The molecule has 3 aromatic rings. The number of para-hydroxylation sites is 2. The van der Waals surface area contributed by atoms with Gasteiger partial charge < -0.3 is 19.2 Å². The van der Waals surface area contributed by atoms with Crippen LogP contribution in [0.1, 0.15) is 24.2 Å². The molecular weight excluding hydrogens is 354 g/mol. The molecule has 0 bridgehead atoms. The van der Waals surface area contributed by atoms with Crippen molar-refractivity contribution in [1.82, 2.24) is 9.88 Å². The molecule has 0 aliphatic carbocycles.